The number of hydrogen-bond acceptors (Lipinski definition) is 4. The molecule has 0 aromatic heterocycles. The molecule has 0 radical (unpaired) electrons. The standard InChI is InChI=1S/C20H16F3N3O3S/c21-20(22,23)11-24-17(28)12-4-3-5-13(10-12)25-18(29)19-9-8-16(27)26(19)14-6-1-2-7-15(14)30-19/h1-7,10H,8-9,11H2,(H,24,28)(H,25,29). The lowest BCUT2D eigenvalue weighted by Gasteiger charge is -2.29. The Hall–Kier alpha value is -3.01. The third-order valence-electron chi connectivity index (χ3n) is 4.86. The van der Waals surface area contributed by atoms with Crippen molar-refractivity contribution in [2.45, 2.75) is 28.8 Å². The number of carbonyl (C=O) groups excluding carboxylic acids is 3. The second kappa shape index (κ2) is 7.35. The van der Waals surface area contributed by atoms with Gasteiger partial charge in [-0.1, -0.05) is 30.0 Å². The molecule has 1 fully saturated rings. The SMILES string of the molecule is O=C(NCC(F)(F)F)c1cccc(NC(=O)C23CCC(=O)N2c2ccccc2S3)c1. The Balaban J connectivity index is 1.53. The first-order chi connectivity index (χ1) is 14.2. The summed E-state index contributed by atoms with van der Waals surface area (Å²) >= 11 is 1.30. The number of rotatable bonds is 4. The van der Waals surface area contributed by atoms with E-state index in [1.165, 1.54) is 40.9 Å². The molecule has 0 spiro atoms. The van der Waals surface area contributed by atoms with Crippen molar-refractivity contribution in [1.29, 1.82) is 0 Å². The van der Waals surface area contributed by atoms with E-state index >= 15 is 0 Å². The summed E-state index contributed by atoms with van der Waals surface area (Å²) in [4.78, 5) is 38.8. The van der Waals surface area contributed by atoms with E-state index in [1.54, 1.807) is 17.4 Å². The van der Waals surface area contributed by atoms with Gasteiger partial charge in [0.1, 0.15) is 6.54 Å². The summed E-state index contributed by atoms with van der Waals surface area (Å²) in [6.07, 6.45) is -3.97. The first-order valence-electron chi connectivity index (χ1n) is 9.07. The molecule has 6 nitrogen and oxygen atoms in total. The molecule has 156 valence electrons. The zero-order valence-electron chi connectivity index (χ0n) is 15.5. The molecular weight excluding hydrogens is 419 g/mol. The number of thioether (sulfide) groups is 1. The largest absolute Gasteiger partial charge is 0.405 e. The number of fused-ring (bicyclic) bond motifs is 3. The fourth-order valence-corrected chi connectivity index (χ4v) is 4.96. The van der Waals surface area contributed by atoms with Crippen molar-refractivity contribution < 1.29 is 27.6 Å². The molecule has 2 aliphatic rings. The molecule has 4 rings (SSSR count). The van der Waals surface area contributed by atoms with Gasteiger partial charge in [-0.3, -0.25) is 19.3 Å². The molecule has 0 saturated carbocycles. The Morgan fingerprint density at radius 3 is 2.67 bits per heavy atom. The third kappa shape index (κ3) is 3.62. The molecule has 10 heteroatoms. The van der Waals surface area contributed by atoms with Crippen molar-refractivity contribution in [3.8, 4) is 0 Å². The highest BCUT2D eigenvalue weighted by atomic mass is 32.2. The van der Waals surface area contributed by atoms with E-state index in [0.717, 1.165) is 4.90 Å². The van der Waals surface area contributed by atoms with Crippen LogP contribution >= 0.6 is 11.8 Å². The number of carbonyl (C=O) groups is 3. The molecule has 0 aliphatic carbocycles. The fraction of sp³-hybridized carbons (Fsp3) is 0.250. The molecule has 1 saturated heterocycles. The molecule has 2 aromatic carbocycles. The van der Waals surface area contributed by atoms with Crippen LogP contribution in [0.15, 0.2) is 53.4 Å². The Kier molecular flexibility index (Phi) is 4.97. The van der Waals surface area contributed by atoms with Gasteiger partial charge in [-0.05, 0) is 36.8 Å². The highest BCUT2D eigenvalue weighted by Gasteiger charge is 2.57. The average molecular weight is 435 g/mol. The Morgan fingerprint density at radius 1 is 1.13 bits per heavy atom. The van der Waals surface area contributed by atoms with E-state index in [4.69, 9.17) is 0 Å². The minimum Gasteiger partial charge on any atom is -0.343 e. The molecule has 2 aromatic rings. The molecule has 2 N–H and O–H groups in total. The molecule has 3 amide bonds. The van der Waals surface area contributed by atoms with Crippen molar-refractivity contribution in [1.82, 2.24) is 5.32 Å². The van der Waals surface area contributed by atoms with Crippen LogP contribution in [0.5, 0.6) is 0 Å². The van der Waals surface area contributed by atoms with Gasteiger partial charge in [-0.25, -0.2) is 0 Å². The van der Waals surface area contributed by atoms with E-state index in [0.29, 0.717) is 12.1 Å². The number of anilines is 2. The van der Waals surface area contributed by atoms with Gasteiger partial charge in [0.2, 0.25) is 5.91 Å². The van der Waals surface area contributed by atoms with Gasteiger partial charge in [0.05, 0.1) is 5.69 Å². The van der Waals surface area contributed by atoms with Crippen LogP contribution in [0.25, 0.3) is 0 Å². The Morgan fingerprint density at radius 2 is 1.90 bits per heavy atom. The Labute approximate surface area is 173 Å². The van der Waals surface area contributed by atoms with Crippen molar-refractivity contribution >= 4 is 40.9 Å². The van der Waals surface area contributed by atoms with E-state index in [2.05, 4.69) is 5.32 Å². The van der Waals surface area contributed by atoms with E-state index in [9.17, 15) is 27.6 Å². The van der Waals surface area contributed by atoms with Gasteiger partial charge in [0.25, 0.3) is 11.8 Å². The summed E-state index contributed by atoms with van der Waals surface area (Å²) in [5, 5.41) is 4.51. The van der Waals surface area contributed by atoms with Crippen LogP contribution in [0.1, 0.15) is 23.2 Å². The van der Waals surface area contributed by atoms with Crippen molar-refractivity contribution in [2.75, 3.05) is 16.8 Å². The first-order valence-corrected chi connectivity index (χ1v) is 9.89. The van der Waals surface area contributed by atoms with Crippen molar-refractivity contribution in [3.05, 3.63) is 54.1 Å². The lowest BCUT2D eigenvalue weighted by molar-refractivity contribution is -0.123. The van der Waals surface area contributed by atoms with E-state index in [1.807, 2.05) is 12.1 Å². The first kappa shape index (κ1) is 20.3. The number of para-hydroxylation sites is 1. The molecule has 2 aliphatic heterocycles. The molecule has 1 atom stereocenters. The summed E-state index contributed by atoms with van der Waals surface area (Å²) in [6.45, 7) is -1.45. The zero-order valence-corrected chi connectivity index (χ0v) is 16.3. The van der Waals surface area contributed by atoms with Crippen LogP contribution in [0.4, 0.5) is 24.5 Å². The predicted octanol–water partition coefficient (Wildman–Crippen LogP) is 3.55. The zero-order chi connectivity index (χ0) is 21.5. The van der Waals surface area contributed by atoms with E-state index in [-0.39, 0.29) is 23.6 Å². The quantitative estimate of drug-likeness (QED) is 0.770. The van der Waals surface area contributed by atoms with Crippen LogP contribution in [0.2, 0.25) is 0 Å². The molecule has 0 bridgehead atoms. The molecule has 30 heavy (non-hydrogen) atoms. The molecular formula is C20H16F3N3O3S. The maximum atomic E-state index is 13.2. The minimum absolute atomic E-state index is 0.0173. The summed E-state index contributed by atoms with van der Waals surface area (Å²) in [5.74, 6) is -1.48. The van der Waals surface area contributed by atoms with Gasteiger partial charge in [-0.15, -0.1) is 0 Å². The lowest BCUT2D eigenvalue weighted by atomic mass is 10.1. The third-order valence-corrected chi connectivity index (χ3v) is 6.34. The number of amides is 3. The van der Waals surface area contributed by atoms with Gasteiger partial charge in [0.15, 0.2) is 4.87 Å². The van der Waals surface area contributed by atoms with E-state index < -0.39 is 29.4 Å². The summed E-state index contributed by atoms with van der Waals surface area (Å²) in [6, 6.07) is 12.9. The predicted molar refractivity (Wildman–Crippen MR) is 105 cm³/mol. The highest BCUT2D eigenvalue weighted by Crippen LogP contribution is 2.56. The lowest BCUT2D eigenvalue weighted by Crippen LogP contribution is -2.49. The van der Waals surface area contributed by atoms with Gasteiger partial charge in [-0.2, -0.15) is 13.2 Å². The normalized spacial score (nSPS) is 20.0. The summed E-state index contributed by atoms with van der Waals surface area (Å²) in [5.41, 5.74) is 0.918. The minimum atomic E-state index is -4.52. The second-order valence-corrected chi connectivity index (χ2v) is 8.24. The maximum absolute atomic E-state index is 13.2. The van der Waals surface area contributed by atoms with Crippen LogP contribution in [-0.4, -0.2) is 35.3 Å². The molecule has 2 heterocycles. The Bertz CT molecular complexity index is 1040. The number of alkyl halides is 3. The number of halogens is 3. The average Bonchev–Trinajstić information content (AvgIpc) is 3.21. The van der Waals surface area contributed by atoms with Crippen LogP contribution < -0.4 is 15.5 Å². The number of benzene rings is 2. The van der Waals surface area contributed by atoms with Gasteiger partial charge in [0, 0.05) is 22.6 Å². The van der Waals surface area contributed by atoms with Crippen molar-refractivity contribution in [3.63, 3.8) is 0 Å². The smallest absolute Gasteiger partial charge is 0.343 e. The molecule has 1 unspecified atom stereocenters. The van der Waals surface area contributed by atoms with Crippen molar-refractivity contribution in [2.24, 2.45) is 0 Å². The maximum Gasteiger partial charge on any atom is 0.405 e. The second-order valence-electron chi connectivity index (χ2n) is 6.92. The summed E-state index contributed by atoms with van der Waals surface area (Å²) < 4.78 is 37.0. The highest BCUT2D eigenvalue weighted by molar-refractivity contribution is 8.02. The van der Waals surface area contributed by atoms with Gasteiger partial charge < -0.3 is 10.6 Å². The number of nitrogens with zero attached hydrogens (tertiary/aromatic N) is 1. The van der Waals surface area contributed by atoms with Crippen LogP contribution in [0, 0.1) is 0 Å². The van der Waals surface area contributed by atoms with Crippen LogP contribution in [-0.2, 0) is 9.59 Å². The monoisotopic (exact) mass is 435 g/mol. The van der Waals surface area contributed by atoms with Crippen LogP contribution in [0.3, 0.4) is 0 Å². The van der Waals surface area contributed by atoms with Gasteiger partial charge >= 0.3 is 6.18 Å². The summed E-state index contributed by atoms with van der Waals surface area (Å²) in [7, 11) is 0. The number of hydrogen-bond donors (Lipinski definition) is 2. The number of nitrogens with one attached hydrogen (secondary N) is 2. The fourth-order valence-electron chi connectivity index (χ4n) is 3.55. The topological polar surface area (TPSA) is 78.5 Å².